The number of carbonyl (C=O) groups is 1. The van der Waals surface area contributed by atoms with Crippen molar-refractivity contribution in [2.45, 2.75) is 64.6 Å². The Bertz CT molecular complexity index is 772. The predicted octanol–water partition coefficient (Wildman–Crippen LogP) is 4.46. The van der Waals surface area contributed by atoms with Crippen LogP contribution >= 0.6 is 0 Å². The maximum atomic E-state index is 13.2. The highest BCUT2D eigenvalue weighted by atomic mass is 32.2. The third kappa shape index (κ3) is 6.13. The van der Waals surface area contributed by atoms with Crippen LogP contribution in [0.2, 0.25) is 0 Å². The van der Waals surface area contributed by atoms with Gasteiger partial charge in [-0.15, -0.1) is 0 Å². The third-order valence-electron chi connectivity index (χ3n) is 4.19. The lowest BCUT2D eigenvalue weighted by Gasteiger charge is -2.22. The summed E-state index contributed by atoms with van der Waals surface area (Å²) in [5.41, 5.74) is 2.88. The van der Waals surface area contributed by atoms with Crippen LogP contribution in [-0.4, -0.2) is 37.4 Å². The van der Waals surface area contributed by atoms with Crippen molar-refractivity contribution in [1.29, 1.82) is 0 Å². The van der Waals surface area contributed by atoms with Crippen LogP contribution in [0, 0.1) is 0 Å². The molecule has 0 aromatic heterocycles. The van der Waals surface area contributed by atoms with Gasteiger partial charge in [-0.25, -0.2) is 4.79 Å². The summed E-state index contributed by atoms with van der Waals surface area (Å²) in [6.45, 7) is 9.58. The van der Waals surface area contributed by atoms with Crippen molar-refractivity contribution < 1.29 is 36.0 Å². The first kappa shape index (κ1) is 24.3. The number of alkyl halides is 2. The van der Waals surface area contributed by atoms with Gasteiger partial charge in [0.05, 0.1) is 0 Å². The largest absolute Gasteiger partial charge is 0.481 e. The van der Waals surface area contributed by atoms with Crippen LogP contribution in [0.5, 0.6) is 5.75 Å². The summed E-state index contributed by atoms with van der Waals surface area (Å²) >= 11 is 0. The molecule has 0 aliphatic carbocycles. The number of ether oxygens (including phenoxy) is 2. The lowest BCUT2D eigenvalue weighted by Crippen LogP contribution is -2.35. The van der Waals surface area contributed by atoms with E-state index in [4.69, 9.17) is 9.29 Å². The van der Waals surface area contributed by atoms with E-state index in [-0.39, 0.29) is 17.8 Å². The van der Waals surface area contributed by atoms with Gasteiger partial charge < -0.3 is 9.47 Å². The van der Waals surface area contributed by atoms with Gasteiger partial charge in [0.2, 0.25) is 0 Å². The highest BCUT2D eigenvalue weighted by Crippen LogP contribution is 2.37. The lowest BCUT2D eigenvalue weighted by atomic mass is 9.88. The molecule has 0 atom stereocenters. The van der Waals surface area contributed by atoms with E-state index in [2.05, 4.69) is 18.6 Å². The van der Waals surface area contributed by atoms with Crippen LogP contribution in [0.1, 0.15) is 76.0 Å². The fraction of sp³-hybridized carbons (Fsp3) is 0.632. The summed E-state index contributed by atoms with van der Waals surface area (Å²) in [6, 6.07) is 3.99. The molecule has 0 radical (unpaired) electrons. The Morgan fingerprint density at radius 3 is 1.86 bits per heavy atom. The molecule has 1 N–H and O–H groups in total. The monoisotopic (exact) mass is 422 g/mol. The number of rotatable bonds is 9. The van der Waals surface area contributed by atoms with Gasteiger partial charge in [-0.3, -0.25) is 4.55 Å². The molecule has 0 bridgehead atoms. The SMILES string of the molecule is CC(C)c1cc(C(C)C)c(OCC(=O)OCC(F)(F)S(=O)(=O)O)c(C(C)C)c1. The Kier molecular flexibility index (Phi) is 7.96. The van der Waals surface area contributed by atoms with Gasteiger partial charge in [0.1, 0.15) is 5.75 Å². The van der Waals surface area contributed by atoms with Crippen LogP contribution in [0.4, 0.5) is 8.78 Å². The highest BCUT2D eigenvalue weighted by Gasteiger charge is 2.45. The summed E-state index contributed by atoms with van der Waals surface area (Å²) in [7, 11) is -5.67. The zero-order chi connectivity index (χ0) is 21.9. The molecule has 0 saturated carbocycles. The third-order valence-corrected chi connectivity index (χ3v) is 5.06. The number of hydrogen-bond acceptors (Lipinski definition) is 5. The smallest absolute Gasteiger partial charge is 0.402 e. The van der Waals surface area contributed by atoms with E-state index >= 15 is 0 Å². The minimum atomic E-state index is -5.67. The summed E-state index contributed by atoms with van der Waals surface area (Å²) in [6.07, 6.45) is 0. The maximum absolute atomic E-state index is 13.2. The predicted molar refractivity (Wildman–Crippen MR) is 102 cm³/mol. The van der Waals surface area contributed by atoms with Crippen LogP contribution < -0.4 is 4.74 Å². The van der Waals surface area contributed by atoms with Gasteiger partial charge >= 0.3 is 21.3 Å². The molecule has 0 spiro atoms. The molecule has 0 fully saturated rings. The molecular weight excluding hydrogens is 394 g/mol. The van der Waals surface area contributed by atoms with Crippen LogP contribution in [0.15, 0.2) is 12.1 Å². The van der Waals surface area contributed by atoms with Gasteiger partial charge in [-0.2, -0.15) is 17.2 Å². The summed E-state index contributed by atoms with van der Waals surface area (Å²) in [5.74, 6) is -0.206. The van der Waals surface area contributed by atoms with Crippen LogP contribution in [0.25, 0.3) is 0 Å². The van der Waals surface area contributed by atoms with E-state index < -0.39 is 34.6 Å². The number of hydrogen-bond donors (Lipinski definition) is 1. The molecule has 9 heteroatoms. The fourth-order valence-electron chi connectivity index (χ4n) is 2.47. The first-order valence-electron chi connectivity index (χ1n) is 8.98. The zero-order valence-corrected chi connectivity index (χ0v) is 17.8. The van der Waals surface area contributed by atoms with Crippen LogP contribution in [0.3, 0.4) is 0 Å². The van der Waals surface area contributed by atoms with Crippen molar-refractivity contribution in [2.75, 3.05) is 13.2 Å². The molecule has 6 nitrogen and oxygen atoms in total. The van der Waals surface area contributed by atoms with Gasteiger partial charge in [-0.05, 0) is 34.4 Å². The van der Waals surface area contributed by atoms with Gasteiger partial charge in [0, 0.05) is 0 Å². The topological polar surface area (TPSA) is 89.9 Å². The van der Waals surface area contributed by atoms with Crippen LogP contribution in [-0.2, 0) is 19.6 Å². The van der Waals surface area contributed by atoms with E-state index in [1.54, 1.807) is 0 Å². The van der Waals surface area contributed by atoms with Crippen molar-refractivity contribution in [3.63, 3.8) is 0 Å². The molecule has 0 unspecified atom stereocenters. The standard InChI is InChI=1S/C19H28F2O6S/c1-11(2)14-7-15(12(3)4)18(16(8-14)13(5)6)26-9-17(22)27-10-19(20,21)28(23,24)25/h7-8,11-13H,9-10H2,1-6H3,(H,23,24,25). The van der Waals surface area contributed by atoms with Crippen molar-refractivity contribution >= 4 is 16.1 Å². The average Bonchev–Trinajstić information content (AvgIpc) is 2.55. The van der Waals surface area contributed by atoms with Crippen molar-refractivity contribution in [1.82, 2.24) is 0 Å². The molecule has 1 aromatic rings. The van der Waals surface area contributed by atoms with Gasteiger partial charge in [-0.1, -0.05) is 53.7 Å². The number of halogens is 2. The molecule has 1 aromatic carbocycles. The Hall–Kier alpha value is -1.74. The second-order valence-corrected chi connectivity index (χ2v) is 9.10. The molecule has 0 aliphatic heterocycles. The fourth-order valence-corrected chi connectivity index (χ4v) is 2.68. The minimum Gasteiger partial charge on any atom is -0.481 e. The molecule has 1 rings (SSSR count). The number of esters is 1. The van der Waals surface area contributed by atoms with E-state index in [1.165, 1.54) is 0 Å². The summed E-state index contributed by atoms with van der Waals surface area (Å²) in [5, 5.41) is -4.58. The normalized spacial score (nSPS) is 12.7. The first-order chi connectivity index (χ1) is 12.7. The average molecular weight is 422 g/mol. The van der Waals surface area contributed by atoms with E-state index in [0.29, 0.717) is 5.75 Å². The Morgan fingerprint density at radius 1 is 1.04 bits per heavy atom. The maximum Gasteiger partial charge on any atom is 0.402 e. The zero-order valence-electron chi connectivity index (χ0n) is 17.0. The van der Waals surface area contributed by atoms with E-state index in [1.807, 2.05) is 39.8 Å². The van der Waals surface area contributed by atoms with E-state index in [0.717, 1.165) is 16.7 Å². The molecule has 0 heterocycles. The second kappa shape index (κ2) is 9.17. The highest BCUT2D eigenvalue weighted by molar-refractivity contribution is 7.86. The molecule has 28 heavy (non-hydrogen) atoms. The first-order valence-corrected chi connectivity index (χ1v) is 10.4. The summed E-state index contributed by atoms with van der Waals surface area (Å²) in [4.78, 5) is 11.8. The quantitative estimate of drug-likeness (QED) is 0.467. The number of benzene rings is 1. The molecule has 160 valence electrons. The second-order valence-electron chi connectivity index (χ2n) is 7.55. The molecule has 0 aliphatic rings. The van der Waals surface area contributed by atoms with Crippen molar-refractivity contribution in [2.24, 2.45) is 0 Å². The Balaban J connectivity index is 3.03. The molecule has 0 amide bonds. The Labute approximate surface area is 165 Å². The Morgan fingerprint density at radius 2 is 1.50 bits per heavy atom. The molecular formula is C19H28F2O6S. The minimum absolute atomic E-state index is 0.0890. The van der Waals surface area contributed by atoms with Crippen molar-refractivity contribution in [3.8, 4) is 5.75 Å². The van der Waals surface area contributed by atoms with Gasteiger partial charge in [0.25, 0.3) is 0 Å². The van der Waals surface area contributed by atoms with Crippen molar-refractivity contribution in [3.05, 3.63) is 28.8 Å². The summed E-state index contributed by atoms with van der Waals surface area (Å²) < 4.78 is 65.7. The number of carbonyl (C=O) groups excluding carboxylic acids is 1. The van der Waals surface area contributed by atoms with Gasteiger partial charge in [0.15, 0.2) is 13.2 Å². The van der Waals surface area contributed by atoms with E-state index in [9.17, 15) is 22.0 Å². The lowest BCUT2D eigenvalue weighted by molar-refractivity contribution is -0.152. The molecule has 0 saturated heterocycles.